The number of hydrogen-bond acceptors (Lipinski definition) is 11. The molecule has 135 heavy (non-hydrogen) atoms. The maximum Gasteiger partial charge on any atom is 0.0719 e. The van der Waals surface area contributed by atoms with Crippen LogP contribution >= 0.6 is 0 Å². The van der Waals surface area contributed by atoms with Crippen LogP contribution in [-0.2, 0) is 80.4 Å². The van der Waals surface area contributed by atoms with Gasteiger partial charge >= 0.3 is 0 Å². The van der Waals surface area contributed by atoms with Crippen molar-refractivity contribution in [3.8, 4) is 135 Å². The molecule has 0 amide bonds. The van der Waals surface area contributed by atoms with Crippen molar-refractivity contribution in [3.63, 3.8) is 0 Å². The van der Waals surface area contributed by atoms with Gasteiger partial charge in [0.05, 0.1) is 11.4 Å². The molecule has 20 aromatic rings. The summed E-state index contributed by atoms with van der Waals surface area (Å²) in [6.07, 6.45) is 17.6. The number of aromatic nitrogens is 11. The van der Waals surface area contributed by atoms with Gasteiger partial charge in [0.1, 0.15) is 0 Å². The minimum Gasteiger partial charge on any atom is -0.304 e. The molecule has 4 radical (unpaired) electrons. The fourth-order valence-electron chi connectivity index (χ4n) is 12.7. The van der Waals surface area contributed by atoms with Gasteiger partial charge in [0.25, 0.3) is 0 Å². The van der Waals surface area contributed by atoms with Crippen LogP contribution in [-0.4, -0.2) is 54.8 Å². The Labute approximate surface area is 875 Å². The van der Waals surface area contributed by atoms with E-state index < -0.39 is 41.1 Å². The van der Waals surface area contributed by atoms with Gasteiger partial charge in [-0.2, -0.15) is 0 Å². The number of aryl methyl sites for hydroxylation is 11. The van der Waals surface area contributed by atoms with E-state index >= 15 is 0 Å². The van der Waals surface area contributed by atoms with Gasteiger partial charge in [0.2, 0.25) is 0 Å². The zero-order valence-corrected chi connectivity index (χ0v) is 83.4. The molecule has 11 heterocycles. The number of rotatable bonds is 12. The summed E-state index contributed by atoms with van der Waals surface area (Å²) in [6, 6.07) is 129. The van der Waals surface area contributed by atoms with Crippen molar-refractivity contribution >= 4 is 0 Å². The molecular formula is C120H99Ir4N11-8. The molecule has 0 saturated carbocycles. The summed E-state index contributed by atoms with van der Waals surface area (Å²) < 4.78 is 132. The van der Waals surface area contributed by atoms with Crippen LogP contribution in [0.2, 0.25) is 0 Å². The zero-order chi connectivity index (χ0) is 106. The monoisotopic (exact) mass is 2480 g/mol. The number of nitrogens with zero attached hydrogens (tertiary/aromatic N) is 11. The van der Waals surface area contributed by atoms with E-state index in [1.54, 1.807) is 106 Å². The maximum absolute atomic E-state index is 7.49. The molecule has 0 fully saturated rings. The van der Waals surface area contributed by atoms with E-state index in [9.17, 15) is 0 Å². The summed E-state index contributed by atoms with van der Waals surface area (Å²) >= 11 is 0. The minimum absolute atomic E-state index is 0. The first-order valence-electron chi connectivity index (χ1n) is 50.7. The number of pyridine rings is 11. The van der Waals surface area contributed by atoms with E-state index in [2.05, 4.69) is 129 Å². The van der Waals surface area contributed by atoms with E-state index in [4.69, 9.17) is 24.7 Å². The largest absolute Gasteiger partial charge is 0.304 e. The van der Waals surface area contributed by atoms with Gasteiger partial charge in [-0.3, -0.25) is 15.0 Å². The molecule has 0 bridgehead atoms. The molecule has 0 aliphatic carbocycles. The number of benzene rings is 9. The van der Waals surface area contributed by atoms with Crippen molar-refractivity contribution in [1.82, 2.24) is 54.8 Å². The van der Waals surface area contributed by atoms with E-state index in [0.29, 0.717) is 28.1 Å². The van der Waals surface area contributed by atoms with Crippen molar-refractivity contribution in [2.45, 2.75) is 75.7 Å². The third-order valence-corrected chi connectivity index (χ3v) is 19.9. The molecule has 0 unspecified atom stereocenters. The van der Waals surface area contributed by atoms with Crippen molar-refractivity contribution < 1.29 is 105 Å². The summed E-state index contributed by atoms with van der Waals surface area (Å²) in [4.78, 5) is 47.2. The Hall–Kier alpha value is -13.8. The van der Waals surface area contributed by atoms with Gasteiger partial charge in [0.15, 0.2) is 0 Å². The first-order chi connectivity index (χ1) is 71.3. The molecule has 0 saturated heterocycles. The number of hydrogen-bond donors (Lipinski definition) is 0. The third kappa shape index (κ3) is 32.0. The maximum atomic E-state index is 7.49. The third-order valence-electron chi connectivity index (χ3n) is 19.9. The Morgan fingerprint density at radius 3 is 0.719 bits per heavy atom. The summed E-state index contributed by atoms with van der Waals surface area (Å²) in [5, 5.41) is 0. The summed E-state index contributed by atoms with van der Waals surface area (Å²) in [7, 11) is 0. The predicted octanol–water partition coefficient (Wildman–Crippen LogP) is 28.6. The van der Waals surface area contributed by atoms with Crippen LogP contribution in [0.3, 0.4) is 0 Å². The Bertz CT molecular complexity index is 7300. The van der Waals surface area contributed by atoms with E-state index in [1.165, 1.54) is 48.3 Å². The average Bonchev–Trinajstić information content (AvgIpc) is 0.781. The second-order valence-corrected chi connectivity index (χ2v) is 29.4. The van der Waals surface area contributed by atoms with Crippen molar-refractivity contribution in [2.75, 3.05) is 0 Å². The topological polar surface area (TPSA) is 142 Å². The SMILES string of the molecule is Cc1cc(-c2[c-]cccc2)ncc1-c1ccccn1.Cc1cc(-c2[c-]cccc2)ncc1-c1ccccn1.[2H]C([2H])([2H])c1ccc(-c2[c-]cc(-c3ccccc3)cc2)nc1.[2H]C([2H])([2H])c1ccc(-c2[c-]cccc2)nc1.[2H]C([2H])([2H])c1ccc(-c2[c-]cccc2)nc1.[2H]C([2H])([2H])c1cnc(-c2[c-]cc(-c3ccccn3)cc2)cc1C.[2H]C([2H])([2H])c1cnc(-c2[c-]cccc2)cc1C.[2H]C([2H])([2H])c1cnc(-c2[c-]cccc2)cc1C.[Ir].[Ir].[Ir].[Ir]. The molecular weight excluding hydrogens is 2360 g/mol. The van der Waals surface area contributed by atoms with Gasteiger partial charge < -0.3 is 39.9 Å². The van der Waals surface area contributed by atoms with Crippen LogP contribution in [0.5, 0.6) is 0 Å². The van der Waals surface area contributed by atoms with Crippen molar-refractivity contribution in [1.29, 1.82) is 0 Å². The Morgan fingerprint density at radius 2 is 0.459 bits per heavy atom. The Morgan fingerprint density at radius 1 is 0.185 bits per heavy atom. The molecule has 0 aliphatic heterocycles. The molecule has 11 nitrogen and oxygen atoms in total. The van der Waals surface area contributed by atoms with Crippen LogP contribution < -0.4 is 0 Å². The quantitative estimate of drug-likeness (QED) is 0.108. The van der Waals surface area contributed by atoms with Gasteiger partial charge in [0, 0.05) is 190 Å². The first-order valence-corrected chi connectivity index (χ1v) is 41.7. The van der Waals surface area contributed by atoms with Crippen LogP contribution in [0.1, 0.15) is 85.9 Å². The van der Waals surface area contributed by atoms with Crippen LogP contribution in [0.15, 0.2) is 402 Å². The molecule has 0 spiro atoms. The van der Waals surface area contributed by atoms with Gasteiger partial charge in [-0.15, -0.1) is 275 Å². The smallest absolute Gasteiger partial charge is 0.0719 e. The van der Waals surface area contributed by atoms with Crippen LogP contribution in [0.4, 0.5) is 0 Å². The fraction of sp³-hybridized carbons (Fsp3) is 0.0917. The van der Waals surface area contributed by atoms with E-state index in [1.807, 2.05) is 267 Å². The van der Waals surface area contributed by atoms with Gasteiger partial charge in [-0.1, -0.05) is 149 Å². The molecule has 0 aliphatic rings. The molecule has 0 atom stereocenters. The predicted molar refractivity (Wildman–Crippen MR) is 535 cm³/mol. The Kier molecular flexibility index (Phi) is 33.0. The second kappa shape index (κ2) is 55.0. The Balaban J connectivity index is 0.000000193. The first kappa shape index (κ1) is 80.8. The van der Waals surface area contributed by atoms with E-state index in [-0.39, 0.29) is 103 Å². The molecule has 0 N–H and O–H groups in total. The fourth-order valence-corrected chi connectivity index (χ4v) is 12.7. The summed E-state index contributed by atoms with van der Waals surface area (Å²) in [5.74, 6) is 0. The van der Waals surface area contributed by atoms with Gasteiger partial charge in [-0.05, 0) is 202 Å². The van der Waals surface area contributed by atoms with Gasteiger partial charge in [-0.25, -0.2) is 0 Å². The molecule has 678 valence electrons. The normalized spacial score (nSPS) is 12.5. The molecule has 15 heteroatoms. The summed E-state index contributed by atoms with van der Waals surface area (Å²) in [6.45, 7) is -3.12. The zero-order valence-electron chi connectivity index (χ0n) is 91.9. The van der Waals surface area contributed by atoms with Crippen molar-refractivity contribution in [3.05, 3.63) is 512 Å². The molecule has 9 aromatic carbocycles. The minimum atomic E-state index is -2.14. The van der Waals surface area contributed by atoms with E-state index in [0.717, 1.165) is 135 Å². The standard InChI is InChI=1S/C18H15N2.C18H14N.2C17H13N2.2C13H12N.2C12H10N.4Ir/c1-13-11-18(20-12-14(13)2)16-8-6-15(7-9-16)17-5-3-4-10-19-17;1-14-7-12-18(19-13-14)17-10-8-16(9-11-17)15-5-3-2-4-6-15;2*1-13-11-17(14-7-3-2-4-8-14)19-12-15(13)16-9-5-6-10-18-16;2*1-10-8-13(14-9-11(10)2)12-6-4-3-5-7-12;2*1-10-7-8-12(13-9-10)11-5-3-2-4-6-11;;;;/h3-8,10-12H,1-2H3;2-10,12-13H,1H3;2*2-7,9-12H,1H3;2*3-6,8-9H,1-2H3;2*2-5,7-9H,1H3;;;;/q8*-1;;;;/i2D3;1D3;;;2*2D3;2*1D3;;;;. The second-order valence-electron chi connectivity index (χ2n) is 29.4. The van der Waals surface area contributed by atoms with Crippen LogP contribution in [0, 0.1) is 124 Å². The summed E-state index contributed by atoms with van der Waals surface area (Å²) in [5.41, 5.74) is 27.7. The molecule has 11 aromatic heterocycles. The molecule has 20 rings (SSSR count). The average molecular weight is 2480 g/mol. The van der Waals surface area contributed by atoms with Crippen molar-refractivity contribution in [2.24, 2.45) is 0 Å². The van der Waals surface area contributed by atoms with Crippen LogP contribution in [0.25, 0.3) is 135 Å².